The van der Waals surface area contributed by atoms with Crippen molar-refractivity contribution in [3.8, 4) is 10.6 Å². The number of aromatic nitrogens is 1. The Morgan fingerprint density at radius 1 is 1.50 bits per heavy atom. The van der Waals surface area contributed by atoms with Gasteiger partial charge in [0, 0.05) is 15.4 Å². The van der Waals surface area contributed by atoms with Crippen LogP contribution in [0.1, 0.15) is 16.1 Å². The van der Waals surface area contributed by atoms with Gasteiger partial charge in [-0.25, -0.2) is 9.78 Å². The summed E-state index contributed by atoms with van der Waals surface area (Å²) < 4.78 is 0.997. The van der Waals surface area contributed by atoms with E-state index < -0.39 is 5.97 Å². The van der Waals surface area contributed by atoms with Crippen LogP contribution < -0.4 is 0 Å². The molecule has 0 aliphatic carbocycles. The molecule has 0 radical (unpaired) electrons. The van der Waals surface area contributed by atoms with Gasteiger partial charge in [0.05, 0.1) is 0 Å². The maximum Gasteiger partial charge on any atom is 0.355 e. The molecule has 0 aliphatic rings. The second kappa shape index (κ2) is 4.35. The van der Waals surface area contributed by atoms with E-state index in [4.69, 9.17) is 5.11 Å². The first-order valence-electron chi connectivity index (χ1n) is 4.53. The normalized spacial score (nSPS) is 10.4. The first kappa shape index (κ1) is 11.3. The first-order chi connectivity index (χ1) is 7.58. The van der Waals surface area contributed by atoms with E-state index in [1.807, 2.05) is 25.1 Å². The molecule has 0 spiro atoms. The molecular formula is C11H8BrNO2S. The van der Waals surface area contributed by atoms with Gasteiger partial charge in [0.1, 0.15) is 5.01 Å². The summed E-state index contributed by atoms with van der Waals surface area (Å²) >= 11 is 4.77. The van der Waals surface area contributed by atoms with Crippen LogP contribution in [0.3, 0.4) is 0 Å². The molecule has 0 aliphatic heterocycles. The number of aryl methyl sites for hydroxylation is 1. The van der Waals surface area contributed by atoms with E-state index in [-0.39, 0.29) is 5.69 Å². The minimum Gasteiger partial charge on any atom is -0.476 e. The third-order valence-electron chi connectivity index (χ3n) is 2.14. The Hall–Kier alpha value is -1.20. The van der Waals surface area contributed by atoms with Crippen molar-refractivity contribution in [2.45, 2.75) is 6.92 Å². The van der Waals surface area contributed by atoms with Gasteiger partial charge in [0.2, 0.25) is 0 Å². The Balaban J connectivity index is 2.42. The van der Waals surface area contributed by atoms with E-state index in [9.17, 15) is 4.79 Å². The number of carboxylic acids is 1. The second-order valence-corrected chi connectivity index (χ2v) is 5.02. The Kier molecular flexibility index (Phi) is 3.07. The Labute approximate surface area is 105 Å². The summed E-state index contributed by atoms with van der Waals surface area (Å²) in [5.74, 6) is -0.992. The summed E-state index contributed by atoms with van der Waals surface area (Å²) in [6, 6.07) is 5.85. The Bertz CT molecular complexity index is 551. The van der Waals surface area contributed by atoms with Gasteiger partial charge in [-0.15, -0.1) is 11.3 Å². The number of thiazole rings is 1. The molecule has 0 amide bonds. The number of halogens is 1. The van der Waals surface area contributed by atoms with Crippen LogP contribution >= 0.6 is 27.3 Å². The van der Waals surface area contributed by atoms with E-state index in [1.165, 1.54) is 11.3 Å². The molecule has 1 heterocycles. The number of rotatable bonds is 2. The predicted octanol–water partition coefficient (Wildman–Crippen LogP) is 3.58. The number of hydrogen-bond acceptors (Lipinski definition) is 3. The molecule has 2 aromatic rings. The highest BCUT2D eigenvalue weighted by molar-refractivity contribution is 9.10. The van der Waals surface area contributed by atoms with Gasteiger partial charge in [0.25, 0.3) is 0 Å². The van der Waals surface area contributed by atoms with Gasteiger partial charge < -0.3 is 5.11 Å². The second-order valence-electron chi connectivity index (χ2n) is 3.31. The molecule has 1 aromatic carbocycles. The molecular weight excluding hydrogens is 290 g/mol. The zero-order valence-electron chi connectivity index (χ0n) is 8.40. The summed E-state index contributed by atoms with van der Waals surface area (Å²) in [6.07, 6.45) is 0. The average Bonchev–Trinajstić information content (AvgIpc) is 2.71. The third-order valence-corrected chi connectivity index (χ3v) is 3.89. The van der Waals surface area contributed by atoms with Gasteiger partial charge >= 0.3 is 5.97 Å². The lowest BCUT2D eigenvalue weighted by Crippen LogP contribution is -1.95. The van der Waals surface area contributed by atoms with Crippen molar-refractivity contribution in [2.24, 2.45) is 0 Å². The number of carboxylic acid groups (broad SMARTS) is 1. The molecule has 16 heavy (non-hydrogen) atoms. The Morgan fingerprint density at radius 2 is 2.25 bits per heavy atom. The SMILES string of the molecule is Cc1ccc(-c2nc(C(=O)O)cs2)cc1Br. The minimum absolute atomic E-state index is 0.0942. The van der Waals surface area contributed by atoms with Crippen molar-refractivity contribution in [1.29, 1.82) is 0 Å². The summed E-state index contributed by atoms with van der Waals surface area (Å²) in [4.78, 5) is 14.8. The zero-order chi connectivity index (χ0) is 11.7. The van der Waals surface area contributed by atoms with E-state index in [2.05, 4.69) is 20.9 Å². The third kappa shape index (κ3) is 2.15. The number of carbonyl (C=O) groups is 1. The molecule has 1 aromatic heterocycles. The molecule has 3 nitrogen and oxygen atoms in total. The van der Waals surface area contributed by atoms with Crippen molar-refractivity contribution < 1.29 is 9.90 Å². The number of benzene rings is 1. The van der Waals surface area contributed by atoms with Crippen LogP contribution in [0.4, 0.5) is 0 Å². The van der Waals surface area contributed by atoms with Crippen molar-refractivity contribution in [2.75, 3.05) is 0 Å². The minimum atomic E-state index is -0.992. The van der Waals surface area contributed by atoms with E-state index in [1.54, 1.807) is 5.38 Å². The molecule has 2 rings (SSSR count). The zero-order valence-corrected chi connectivity index (χ0v) is 10.8. The van der Waals surface area contributed by atoms with Gasteiger partial charge in [0.15, 0.2) is 5.69 Å². The quantitative estimate of drug-likeness (QED) is 0.922. The van der Waals surface area contributed by atoms with Crippen molar-refractivity contribution in [1.82, 2.24) is 4.98 Å². The van der Waals surface area contributed by atoms with Crippen LogP contribution in [0.2, 0.25) is 0 Å². The van der Waals surface area contributed by atoms with Gasteiger partial charge in [-0.2, -0.15) is 0 Å². The standard InChI is InChI=1S/C11H8BrNO2S/c1-6-2-3-7(4-8(6)12)10-13-9(5-16-10)11(14)15/h2-5H,1H3,(H,14,15). The number of hydrogen-bond donors (Lipinski definition) is 1. The highest BCUT2D eigenvalue weighted by atomic mass is 79.9. The highest BCUT2D eigenvalue weighted by Crippen LogP contribution is 2.28. The molecule has 0 bridgehead atoms. The van der Waals surface area contributed by atoms with E-state index >= 15 is 0 Å². The maximum atomic E-state index is 10.7. The van der Waals surface area contributed by atoms with Crippen molar-refractivity contribution >= 4 is 33.2 Å². The molecule has 0 atom stereocenters. The van der Waals surface area contributed by atoms with Crippen LogP contribution in [0, 0.1) is 6.92 Å². The molecule has 0 saturated heterocycles. The molecule has 0 fully saturated rings. The fraction of sp³-hybridized carbons (Fsp3) is 0.0909. The van der Waals surface area contributed by atoms with Crippen LogP contribution in [0.25, 0.3) is 10.6 Å². The van der Waals surface area contributed by atoms with Crippen LogP contribution in [-0.2, 0) is 0 Å². The summed E-state index contributed by atoms with van der Waals surface area (Å²) in [7, 11) is 0. The van der Waals surface area contributed by atoms with Gasteiger partial charge in [-0.1, -0.05) is 28.1 Å². The van der Waals surface area contributed by atoms with Crippen molar-refractivity contribution in [3.63, 3.8) is 0 Å². The number of aromatic carboxylic acids is 1. The summed E-state index contributed by atoms with van der Waals surface area (Å²) in [6.45, 7) is 2.00. The summed E-state index contributed by atoms with van der Waals surface area (Å²) in [5.41, 5.74) is 2.16. The molecule has 5 heteroatoms. The van der Waals surface area contributed by atoms with E-state index in [0.29, 0.717) is 0 Å². The average molecular weight is 298 g/mol. The van der Waals surface area contributed by atoms with E-state index in [0.717, 1.165) is 20.6 Å². The monoisotopic (exact) mass is 297 g/mol. The van der Waals surface area contributed by atoms with Gasteiger partial charge in [-0.3, -0.25) is 0 Å². The number of nitrogens with zero attached hydrogens (tertiary/aromatic N) is 1. The molecule has 0 unspecified atom stereocenters. The highest BCUT2D eigenvalue weighted by Gasteiger charge is 2.10. The summed E-state index contributed by atoms with van der Waals surface area (Å²) in [5, 5.41) is 11.0. The van der Waals surface area contributed by atoms with Crippen LogP contribution in [-0.4, -0.2) is 16.1 Å². The largest absolute Gasteiger partial charge is 0.476 e. The topological polar surface area (TPSA) is 50.2 Å². The fourth-order valence-electron chi connectivity index (χ4n) is 1.23. The fourth-order valence-corrected chi connectivity index (χ4v) is 2.40. The first-order valence-corrected chi connectivity index (χ1v) is 6.20. The lowest BCUT2D eigenvalue weighted by Gasteiger charge is -2.00. The lowest BCUT2D eigenvalue weighted by molar-refractivity contribution is 0.0691. The van der Waals surface area contributed by atoms with Crippen molar-refractivity contribution in [3.05, 3.63) is 39.3 Å². The predicted molar refractivity (Wildman–Crippen MR) is 66.9 cm³/mol. The van der Waals surface area contributed by atoms with Crippen LogP contribution in [0.5, 0.6) is 0 Å². The Morgan fingerprint density at radius 3 is 2.81 bits per heavy atom. The molecule has 1 N–H and O–H groups in total. The maximum absolute atomic E-state index is 10.7. The van der Waals surface area contributed by atoms with Gasteiger partial charge in [-0.05, 0) is 18.6 Å². The van der Waals surface area contributed by atoms with Crippen LogP contribution in [0.15, 0.2) is 28.1 Å². The molecule has 82 valence electrons. The lowest BCUT2D eigenvalue weighted by atomic mass is 10.2. The smallest absolute Gasteiger partial charge is 0.355 e. The molecule has 0 saturated carbocycles.